The van der Waals surface area contributed by atoms with Gasteiger partial charge >= 0.3 is 5.97 Å². The molecule has 20 heavy (non-hydrogen) atoms. The van der Waals surface area contributed by atoms with Crippen molar-refractivity contribution in [2.75, 3.05) is 24.5 Å². The Labute approximate surface area is 120 Å². The molecule has 2 rings (SSSR count). The summed E-state index contributed by atoms with van der Waals surface area (Å²) in [5, 5.41) is 12.5. The summed E-state index contributed by atoms with van der Waals surface area (Å²) in [5.74, 6) is -0.849. The maximum absolute atomic E-state index is 11.1. The molecule has 2 N–H and O–H groups in total. The molecule has 0 aromatic heterocycles. The second kappa shape index (κ2) is 6.75. The minimum atomic E-state index is -0.849. The third-order valence-electron chi connectivity index (χ3n) is 3.99. The normalized spacial score (nSPS) is 16.1. The first-order chi connectivity index (χ1) is 9.63. The van der Waals surface area contributed by atoms with E-state index < -0.39 is 5.97 Å². The number of anilines is 1. The molecule has 4 nitrogen and oxygen atoms in total. The zero-order valence-corrected chi connectivity index (χ0v) is 12.4. The fourth-order valence-corrected chi connectivity index (χ4v) is 2.95. The summed E-state index contributed by atoms with van der Waals surface area (Å²) in [6.07, 6.45) is 3.41. The third kappa shape index (κ3) is 3.31. The molecule has 4 heteroatoms. The molecule has 0 amide bonds. The van der Waals surface area contributed by atoms with Gasteiger partial charge in [0.15, 0.2) is 0 Å². The fraction of sp³-hybridized carbons (Fsp3) is 0.562. The Kier molecular flexibility index (Phi) is 5.01. The van der Waals surface area contributed by atoms with Crippen LogP contribution < -0.4 is 10.2 Å². The van der Waals surface area contributed by atoms with Crippen molar-refractivity contribution in [1.29, 1.82) is 0 Å². The predicted molar refractivity (Wildman–Crippen MR) is 81.7 cm³/mol. The van der Waals surface area contributed by atoms with E-state index in [-0.39, 0.29) is 0 Å². The topological polar surface area (TPSA) is 52.6 Å². The van der Waals surface area contributed by atoms with Gasteiger partial charge < -0.3 is 15.3 Å². The second-order valence-electron chi connectivity index (χ2n) is 5.48. The van der Waals surface area contributed by atoms with Crippen LogP contribution in [0.2, 0.25) is 0 Å². The van der Waals surface area contributed by atoms with E-state index in [2.05, 4.69) is 17.1 Å². The van der Waals surface area contributed by atoms with Crippen molar-refractivity contribution < 1.29 is 9.90 Å². The molecule has 1 saturated heterocycles. The number of rotatable bonds is 5. The maximum atomic E-state index is 11.1. The number of hydrogen-bond donors (Lipinski definition) is 2. The van der Waals surface area contributed by atoms with Crippen LogP contribution >= 0.6 is 0 Å². The van der Waals surface area contributed by atoms with E-state index in [9.17, 15) is 4.79 Å². The third-order valence-corrected chi connectivity index (χ3v) is 3.99. The summed E-state index contributed by atoms with van der Waals surface area (Å²) in [4.78, 5) is 13.6. The number of carbonyl (C=O) groups is 1. The van der Waals surface area contributed by atoms with Crippen molar-refractivity contribution in [2.24, 2.45) is 0 Å². The van der Waals surface area contributed by atoms with Gasteiger partial charge in [0.1, 0.15) is 0 Å². The standard InChI is InChI=1S/C16H24N2O2/c1-3-10-18(13-6-8-17-9-7-13)14-4-5-15(16(19)20)12(2)11-14/h4-5,11,13,17H,3,6-10H2,1-2H3,(H,19,20). The van der Waals surface area contributed by atoms with E-state index in [1.54, 1.807) is 6.07 Å². The number of aryl methyl sites for hydroxylation is 1. The number of piperidine rings is 1. The summed E-state index contributed by atoms with van der Waals surface area (Å²) in [7, 11) is 0. The van der Waals surface area contributed by atoms with E-state index >= 15 is 0 Å². The van der Waals surface area contributed by atoms with Crippen LogP contribution in [0, 0.1) is 6.92 Å². The molecule has 1 aliphatic rings. The van der Waals surface area contributed by atoms with Crippen LogP contribution in [0.1, 0.15) is 42.1 Å². The second-order valence-corrected chi connectivity index (χ2v) is 5.48. The average molecular weight is 276 g/mol. The van der Waals surface area contributed by atoms with Crippen molar-refractivity contribution in [1.82, 2.24) is 5.32 Å². The van der Waals surface area contributed by atoms with Crippen LogP contribution in [0.4, 0.5) is 5.69 Å². The van der Waals surface area contributed by atoms with Crippen molar-refractivity contribution in [3.05, 3.63) is 29.3 Å². The van der Waals surface area contributed by atoms with Gasteiger partial charge in [-0.05, 0) is 63.0 Å². The largest absolute Gasteiger partial charge is 0.478 e. The maximum Gasteiger partial charge on any atom is 0.335 e. The van der Waals surface area contributed by atoms with Gasteiger partial charge in [-0.15, -0.1) is 0 Å². The summed E-state index contributed by atoms with van der Waals surface area (Å²) in [6, 6.07) is 6.26. The summed E-state index contributed by atoms with van der Waals surface area (Å²) in [5.41, 5.74) is 2.39. The van der Waals surface area contributed by atoms with Gasteiger partial charge in [0.25, 0.3) is 0 Å². The summed E-state index contributed by atoms with van der Waals surface area (Å²) >= 11 is 0. The van der Waals surface area contributed by atoms with Gasteiger partial charge in [-0.3, -0.25) is 0 Å². The van der Waals surface area contributed by atoms with Crippen molar-refractivity contribution in [3.8, 4) is 0 Å². The molecule has 0 radical (unpaired) electrons. The molecule has 110 valence electrons. The molecule has 0 unspecified atom stereocenters. The van der Waals surface area contributed by atoms with Crippen LogP contribution in [0.25, 0.3) is 0 Å². The molecular formula is C16H24N2O2. The molecule has 0 saturated carbocycles. The number of carboxylic acid groups (broad SMARTS) is 1. The van der Waals surface area contributed by atoms with E-state index in [1.807, 2.05) is 19.1 Å². The Hall–Kier alpha value is -1.55. The van der Waals surface area contributed by atoms with E-state index in [0.29, 0.717) is 11.6 Å². The van der Waals surface area contributed by atoms with Gasteiger partial charge in [0, 0.05) is 18.3 Å². The lowest BCUT2D eigenvalue weighted by atomic mass is 10.0. The molecule has 1 heterocycles. The summed E-state index contributed by atoms with van der Waals surface area (Å²) in [6.45, 7) is 7.22. The number of carboxylic acids is 1. The number of nitrogens with one attached hydrogen (secondary N) is 1. The lowest BCUT2D eigenvalue weighted by Crippen LogP contribution is -2.43. The molecule has 1 fully saturated rings. The minimum absolute atomic E-state index is 0.399. The average Bonchev–Trinajstić information content (AvgIpc) is 2.45. The van der Waals surface area contributed by atoms with E-state index in [0.717, 1.165) is 50.1 Å². The van der Waals surface area contributed by atoms with Crippen LogP contribution in [0.3, 0.4) is 0 Å². The molecule has 1 aromatic carbocycles. The van der Waals surface area contributed by atoms with Gasteiger partial charge in [-0.25, -0.2) is 4.79 Å². The fourth-order valence-electron chi connectivity index (χ4n) is 2.95. The zero-order chi connectivity index (χ0) is 14.5. The Morgan fingerprint density at radius 1 is 1.40 bits per heavy atom. The number of aromatic carboxylic acids is 1. The van der Waals surface area contributed by atoms with Gasteiger partial charge in [-0.2, -0.15) is 0 Å². The monoisotopic (exact) mass is 276 g/mol. The number of nitrogens with zero attached hydrogens (tertiary/aromatic N) is 1. The smallest absolute Gasteiger partial charge is 0.335 e. The van der Waals surface area contributed by atoms with Crippen LogP contribution in [0.5, 0.6) is 0 Å². The molecule has 1 aromatic rings. The number of benzene rings is 1. The Morgan fingerprint density at radius 2 is 2.10 bits per heavy atom. The van der Waals surface area contributed by atoms with Crippen LogP contribution in [0.15, 0.2) is 18.2 Å². The summed E-state index contributed by atoms with van der Waals surface area (Å²) < 4.78 is 0. The SMILES string of the molecule is CCCN(c1ccc(C(=O)O)c(C)c1)C1CCNCC1. The van der Waals surface area contributed by atoms with Crippen LogP contribution in [-0.4, -0.2) is 36.8 Å². The first-order valence-electron chi connectivity index (χ1n) is 7.44. The predicted octanol–water partition coefficient (Wildman–Crippen LogP) is 2.66. The van der Waals surface area contributed by atoms with Crippen LogP contribution in [-0.2, 0) is 0 Å². The Morgan fingerprint density at radius 3 is 2.65 bits per heavy atom. The highest BCUT2D eigenvalue weighted by Crippen LogP contribution is 2.24. The van der Waals surface area contributed by atoms with Crippen molar-refractivity contribution in [3.63, 3.8) is 0 Å². The van der Waals surface area contributed by atoms with Gasteiger partial charge in [0.05, 0.1) is 5.56 Å². The zero-order valence-electron chi connectivity index (χ0n) is 12.4. The van der Waals surface area contributed by atoms with Gasteiger partial charge in [-0.1, -0.05) is 6.92 Å². The Balaban J connectivity index is 2.24. The quantitative estimate of drug-likeness (QED) is 0.868. The first kappa shape index (κ1) is 14.9. The molecule has 0 spiro atoms. The molecule has 0 aliphatic carbocycles. The first-order valence-corrected chi connectivity index (χ1v) is 7.44. The van der Waals surface area contributed by atoms with Crippen molar-refractivity contribution >= 4 is 11.7 Å². The molecule has 1 aliphatic heterocycles. The molecular weight excluding hydrogens is 252 g/mol. The lowest BCUT2D eigenvalue weighted by Gasteiger charge is -2.36. The molecule has 0 atom stereocenters. The lowest BCUT2D eigenvalue weighted by molar-refractivity contribution is 0.0696. The highest BCUT2D eigenvalue weighted by molar-refractivity contribution is 5.89. The highest BCUT2D eigenvalue weighted by atomic mass is 16.4. The minimum Gasteiger partial charge on any atom is -0.478 e. The highest BCUT2D eigenvalue weighted by Gasteiger charge is 2.21. The van der Waals surface area contributed by atoms with E-state index in [1.165, 1.54) is 0 Å². The van der Waals surface area contributed by atoms with E-state index in [4.69, 9.17) is 5.11 Å². The molecule has 0 bridgehead atoms. The van der Waals surface area contributed by atoms with Gasteiger partial charge in [0.2, 0.25) is 0 Å². The number of hydrogen-bond acceptors (Lipinski definition) is 3. The Bertz CT molecular complexity index is 468. The van der Waals surface area contributed by atoms with Crippen molar-refractivity contribution in [2.45, 2.75) is 39.2 Å².